The van der Waals surface area contributed by atoms with Crippen LogP contribution in [0.2, 0.25) is 0 Å². The van der Waals surface area contributed by atoms with E-state index in [9.17, 15) is 17.6 Å². The number of aromatic nitrogens is 2. The Morgan fingerprint density at radius 2 is 1.89 bits per heavy atom. The number of carboxylic acids is 1. The van der Waals surface area contributed by atoms with E-state index in [0.717, 1.165) is 25.1 Å². The first-order valence-electron chi connectivity index (χ1n) is 12.5. The number of carbonyl (C=O) groups is 1. The van der Waals surface area contributed by atoms with Crippen molar-refractivity contribution < 1.29 is 22.7 Å². The summed E-state index contributed by atoms with van der Waals surface area (Å²) < 4.78 is 40.1. The zero-order valence-corrected chi connectivity index (χ0v) is 22.2. The number of benzene rings is 2. The first-order valence-corrected chi connectivity index (χ1v) is 14.0. The van der Waals surface area contributed by atoms with Crippen molar-refractivity contribution in [3.05, 3.63) is 77.9 Å². The molecule has 1 aliphatic heterocycles. The lowest BCUT2D eigenvalue weighted by atomic mass is 10.0. The maximum absolute atomic E-state index is 12.9. The van der Waals surface area contributed by atoms with E-state index in [4.69, 9.17) is 10.8 Å². The molecule has 38 heavy (non-hydrogen) atoms. The minimum atomic E-state index is -3.43. The molecule has 11 heteroatoms. The van der Waals surface area contributed by atoms with Crippen LogP contribution in [0.4, 0.5) is 4.39 Å². The minimum Gasteiger partial charge on any atom is -0.478 e. The van der Waals surface area contributed by atoms with Crippen LogP contribution >= 0.6 is 0 Å². The predicted octanol–water partition coefficient (Wildman–Crippen LogP) is 3.67. The number of sulfonamides is 1. The van der Waals surface area contributed by atoms with Crippen molar-refractivity contribution >= 4 is 16.0 Å². The van der Waals surface area contributed by atoms with Crippen molar-refractivity contribution in [1.29, 1.82) is 0 Å². The summed E-state index contributed by atoms with van der Waals surface area (Å²) in [5.41, 5.74) is 6.89. The average molecular weight is 544 g/mol. The Morgan fingerprint density at radius 3 is 2.55 bits per heavy atom. The second-order valence-electron chi connectivity index (χ2n) is 9.09. The van der Waals surface area contributed by atoms with Gasteiger partial charge in [0.2, 0.25) is 10.0 Å². The monoisotopic (exact) mass is 543 g/mol. The second-order valence-corrected chi connectivity index (χ2v) is 10.9. The molecule has 4 rings (SSSR count). The van der Waals surface area contributed by atoms with Crippen LogP contribution in [0, 0.1) is 5.82 Å². The Labute approximate surface area is 223 Å². The molecule has 1 atom stereocenters. The fraction of sp³-hybridized carbons (Fsp3) is 0.370. The Kier molecular flexibility index (Phi) is 10.8. The maximum Gasteiger partial charge on any atom is 0.338 e. The summed E-state index contributed by atoms with van der Waals surface area (Å²) in [5, 5.41) is 8.65. The van der Waals surface area contributed by atoms with Crippen LogP contribution in [0.25, 0.3) is 11.4 Å². The third-order valence-electron chi connectivity index (χ3n) is 6.28. The third kappa shape index (κ3) is 8.66. The first kappa shape index (κ1) is 29.3. The number of hydrogen-bond acceptors (Lipinski definition) is 7. The predicted molar refractivity (Wildman–Crippen MR) is 143 cm³/mol. The van der Waals surface area contributed by atoms with Gasteiger partial charge in [-0.15, -0.1) is 0 Å². The van der Waals surface area contributed by atoms with Crippen LogP contribution in [0.3, 0.4) is 0 Å². The van der Waals surface area contributed by atoms with Crippen LogP contribution in [0.5, 0.6) is 0 Å². The zero-order valence-electron chi connectivity index (χ0n) is 21.4. The molecule has 0 amide bonds. The van der Waals surface area contributed by atoms with E-state index in [0.29, 0.717) is 35.4 Å². The van der Waals surface area contributed by atoms with E-state index in [1.807, 2.05) is 6.07 Å². The second kappa shape index (κ2) is 14.1. The smallest absolute Gasteiger partial charge is 0.338 e. The van der Waals surface area contributed by atoms with E-state index in [1.165, 1.54) is 43.8 Å². The lowest BCUT2D eigenvalue weighted by Gasteiger charge is -2.33. The number of piperidine rings is 1. The fourth-order valence-electron chi connectivity index (χ4n) is 4.12. The molecular weight excluding hydrogens is 509 g/mol. The van der Waals surface area contributed by atoms with E-state index >= 15 is 0 Å². The number of hydrogen-bond donors (Lipinski definition) is 3. The highest BCUT2D eigenvalue weighted by Crippen LogP contribution is 2.17. The lowest BCUT2D eigenvalue weighted by molar-refractivity contribution is 0.0696. The molecule has 1 aliphatic rings. The van der Waals surface area contributed by atoms with Gasteiger partial charge >= 0.3 is 5.97 Å². The van der Waals surface area contributed by atoms with E-state index < -0.39 is 16.0 Å². The van der Waals surface area contributed by atoms with Crippen molar-refractivity contribution in [3.63, 3.8) is 0 Å². The highest BCUT2D eigenvalue weighted by molar-refractivity contribution is 7.89. The Balaban J connectivity index is 0.000000221. The molecule has 3 aromatic rings. The van der Waals surface area contributed by atoms with Gasteiger partial charge in [-0.3, -0.25) is 0 Å². The van der Waals surface area contributed by atoms with Crippen LogP contribution in [-0.4, -0.2) is 60.0 Å². The van der Waals surface area contributed by atoms with Gasteiger partial charge in [-0.25, -0.2) is 32.3 Å². The molecule has 1 saturated heterocycles. The molecular formula is C27H34FN5O4S. The van der Waals surface area contributed by atoms with Crippen LogP contribution < -0.4 is 10.5 Å². The first-order chi connectivity index (χ1) is 18.2. The molecule has 0 aliphatic carbocycles. The standard InChI is InChI=1S/C16H27N3O2S.C11H7FN2O2/c1-14-6-2-3-10-19(14)11-5-9-18-22(20,21)16-8-4-7-15(12-16)13-17;12-9-3-1-2-7(4-9)10-13-5-8(6-14-10)11(15)16/h4,7-8,12,14,18H,2-3,5-6,9-11,13,17H2,1H3;1-6H,(H,15,16). The van der Waals surface area contributed by atoms with Crippen molar-refractivity contribution in [2.75, 3.05) is 19.6 Å². The zero-order chi connectivity index (χ0) is 27.5. The summed E-state index contributed by atoms with van der Waals surface area (Å²) in [5.74, 6) is -1.18. The molecule has 0 bridgehead atoms. The van der Waals surface area contributed by atoms with Gasteiger partial charge < -0.3 is 15.7 Å². The highest BCUT2D eigenvalue weighted by Gasteiger charge is 2.18. The van der Waals surface area contributed by atoms with Gasteiger partial charge in [0.15, 0.2) is 5.82 Å². The number of nitrogens with two attached hydrogens (primary N) is 1. The molecule has 4 N–H and O–H groups in total. The average Bonchev–Trinajstić information content (AvgIpc) is 2.92. The molecule has 0 radical (unpaired) electrons. The van der Waals surface area contributed by atoms with Crippen LogP contribution in [-0.2, 0) is 16.6 Å². The van der Waals surface area contributed by atoms with Gasteiger partial charge in [0.1, 0.15) is 5.82 Å². The number of carboxylic acid groups (broad SMARTS) is 1. The summed E-state index contributed by atoms with van der Waals surface area (Å²) in [6.07, 6.45) is 7.02. The summed E-state index contributed by atoms with van der Waals surface area (Å²) in [7, 11) is -3.43. The summed E-state index contributed by atoms with van der Waals surface area (Å²) in [6, 6.07) is 13.2. The van der Waals surface area contributed by atoms with Crippen molar-refractivity contribution in [2.45, 2.75) is 50.1 Å². The molecule has 2 aromatic carbocycles. The Morgan fingerprint density at radius 1 is 1.16 bits per heavy atom. The largest absolute Gasteiger partial charge is 0.478 e. The number of likely N-dealkylation sites (tertiary alicyclic amines) is 1. The van der Waals surface area contributed by atoms with E-state index in [2.05, 4.69) is 26.5 Å². The SMILES string of the molecule is CC1CCCCN1CCCNS(=O)(=O)c1cccc(CN)c1.O=C(O)c1cnc(-c2cccc(F)c2)nc1. The summed E-state index contributed by atoms with van der Waals surface area (Å²) in [4.78, 5) is 21.0. The van der Waals surface area contributed by atoms with Gasteiger partial charge in [0, 0.05) is 37.1 Å². The number of aromatic carboxylic acids is 1. The summed E-state index contributed by atoms with van der Waals surface area (Å²) >= 11 is 0. The number of nitrogens with zero attached hydrogens (tertiary/aromatic N) is 3. The van der Waals surface area contributed by atoms with Crippen LogP contribution in [0.15, 0.2) is 65.8 Å². The van der Waals surface area contributed by atoms with Gasteiger partial charge in [-0.1, -0.05) is 30.7 Å². The molecule has 1 aromatic heterocycles. The van der Waals surface area contributed by atoms with Gasteiger partial charge in [-0.2, -0.15) is 0 Å². The normalized spacial score (nSPS) is 15.9. The van der Waals surface area contributed by atoms with E-state index in [-0.39, 0.29) is 11.4 Å². The lowest BCUT2D eigenvalue weighted by Crippen LogP contribution is -2.39. The van der Waals surface area contributed by atoms with Crippen molar-refractivity contribution in [1.82, 2.24) is 19.6 Å². The maximum atomic E-state index is 12.9. The fourth-order valence-corrected chi connectivity index (χ4v) is 5.26. The van der Waals surface area contributed by atoms with Crippen molar-refractivity contribution in [3.8, 4) is 11.4 Å². The van der Waals surface area contributed by atoms with Crippen molar-refractivity contribution in [2.24, 2.45) is 5.73 Å². The molecule has 2 heterocycles. The minimum absolute atomic E-state index is 0.000142. The van der Waals surface area contributed by atoms with Crippen LogP contribution in [0.1, 0.15) is 48.5 Å². The molecule has 9 nitrogen and oxygen atoms in total. The molecule has 204 valence electrons. The summed E-state index contributed by atoms with van der Waals surface area (Å²) in [6.45, 7) is 5.15. The molecule has 0 spiro atoms. The number of nitrogens with one attached hydrogen (secondary N) is 1. The Hall–Kier alpha value is -3.25. The van der Waals surface area contributed by atoms with Gasteiger partial charge in [0.25, 0.3) is 0 Å². The molecule has 1 fully saturated rings. The quantitative estimate of drug-likeness (QED) is 0.348. The van der Waals surface area contributed by atoms with E-state index in [1.54, 1.807) is 30.3 Å². The Bertz CT molecular complexity index is 1300. The van der Waals surface area contributed by atoms with Gasteiger partial charge in [0.05, 0.1) is 10.5 Å². The number of halogens is 1. The third-order valence-corrected chi connectivity index (χ3v) is 7.74. The molecule has 0 saturated carbocycles. The number of rotatable bonds is 9. The topological polar surface area (TPSA) is 139 Å². The van der Waals surface area contributed by atoms with Gasteiger partial charge in [-0.05, 0) is 69.1 Å². The highest BCUT2D eigenvalue weighted by atomic mass is 32.2. The molecule has 1 unspecified atom stereocenters.